The Morgan fingerprint density at radius 1 is 1.54 bits per heavy atom. The molecule has 13 heavy (non-hydrogen) atoms. The van der Waals surface area contributed by atoms with Crippen LogP contribution in [0.25, 0.3) is 0 Å². The molecule has 0 saturated heterocycles. The molecule has 0 amide bonds. The van der Waals surface area contributed by atoms with Gasteiger partial charge < -0.3 is 4.74 Å². The van der Waals surface area contributed by atoms with E-state index in [0.29, 0.717) is 15.6 Å². The van der Waals surface area contributed by atoms with Crippen molar-refractivity contribution >= 4 is 21.9 Å². The van der Waals surface area contributed by atoms with E-state index in [2.05, 4.69) is 20.7 Å². The van der Waals surface area contributed by atoms with Crippen LogP contribution in [-0.4, -0.2) is 13.1 Å². The summed E-state index contributed by atoms with van der Waals surface area (Å²) in [4.78, 5) is 11.1. The molecule has 1 rings (SSSR count). The van der Waals surface area contributed by atoms with Gasteiger partial charge in [-0.1, -0.05) is 15.9 Å². The lowest BCUT2D eigenvalue weighted by molar-refractivity contribution is 0.0600. The number of methoxy groups -OCH3 is 1. The van der Waals surface area contributed by atoms with Crippen LogP contribution in [-0.2, 0) is 4.74 Å². The third-order valence-electron chi connectivity index (χ3n) is 1.45. The van der Waals surface area contributed by atoms with Crippen LogP contribution in [0.3, 0.4) is 0 Å². The summed E-state index contributed by atoms with van der Waals surface area (Å²) in [6.07, 6.45) is 0. The van der Waals surface area contributed by atoms with Crippen molar-refractivity contribution in [3.63, 3.8) is 0 Å². The minimum absolute atomic E-state index is 0.369. The number of hydrogen-bond donors (Lipinski definition) is 0. The first kappa shape index (κ1) is 9.75. The van der Waals surface area contributed by atoms with Gasteiger partial charge in [0.15, 0.2) is 0 Å². The summed E-state index contributed by atoms with van der Waals surface area (Å²) in [5.74, 6) is -0.446. The van der Waals surface area contributed by atoms with Crippen LogP contribution in [0.4, 0.5) is 0 Å². The molecule has 0 spiro atoms. The van der Waals surface area contributed by atoms with Gasteiger partial charge in [0.25, 0.3) is 0 Å². The van der Waals surface area contributed by atoms with E-state index in [1.807, 2.05) is 6.07 Å². The van der Waals surface area contributed by atoms with Crippen LogP contribution in [0, 0.1) is 11.3 Å². The predicted octanol–water partition coefficient (Wildman–Crippen LogP) is 2.11. The van der Waals surface area contributed by atoms with E-state index in [9.17, 15) is 4.79 Å². The molecule has 0 fully saturated rings. The Balaban J connectivity index is 3.17. The van der Waals surface area contributed by atoms with Gasteiger partial charge in [-0.3, -0.25) is 0 Å². The number of nitrogens with zero attached hydrogens (tertiary/aromatic N) is 1. The molecular weight excluding hydrogens is 234 g/mol. The predicted molar refractivity (Wildman–Crippen MR) is 50.2 cm³/mol. The molecule has 0 aliphatic heterocycles. The summed E-state index contributed by atoms with van der Waals surface area (Å²) in [5, 5.41) is 8.62. The molecule has 0 aliphatic rings. The molecule has 0 N–H and O–H groups in total. The van der Waals surface area contributed by atoms with Crippen molar-refractivity contribution in [1.29, 1.82) is 5.26 Å². The average Bonchev–Trinajstić information content (AvgIpc) is 2.15. The number of benzene rings is 1. The number of halogens is 1. The highest BCUT2D eigenvalue weighted by atomic mass is 79.9. The van der Waals surface area contributed by atoms with E-state index in [1.54, 1.807) is 12.1 Å². The van der Waals surface area contributed by atoms with E-state index in [4.69, 9.17) is 5.26 Å². The highest BCUT2D eigenvalue weighted by Crippen LogP contribution is 2.15. The van der Waals surface area contributed by atoms with Gasteiger partial charge in [0.1, 0.15) is 0 Å². The number of carbonyl (C=O) groups is 1. The molecule has 1 aromatic carbocycles. The van der Waals surface area contributed by atoms with Gasteiger partial charge >= 0.3 is 5.97 Å². The van der Waals surface area contributed by atoms with Crippen LogP contribution in [0.2, 0.25) is 0 Å². The monoisotopic (exact) mass is 239 g/mol. The zero-order valence-electron chi connectivity index (χ0n) is 6.87. The first-order chi connectivity index (χ1) is 6.17. The molecule has 0 unspecified atom stereocenters. The largest absolute Gasteiger partial charge is 0.465 e. The van der Waals surface area contributed by atoms with Crippen molar-refractivity contribution in [1.82, 2.24) is 0 Å². The van der Waals surface area contributed by atoms with Crippen LogP contribution in [0.1, 0.15) is 15.9 Å². The minimum atomic E-state index is -0.446. The van der Waals surface area contributed by atoms with E-state index in [-0.39, 0.29) is 0 Å². The Labute approximate surface area is 84.1 Å². The van der Waals surface area contributed by atoms with E-state index in [1.165, 1.54) is 13.2 Å². The second kappa shape index (κ2) is 4.06. The summed E-state index contributed by atoms with van der Waals surface area (Å²) >= 11 is 3.19. The number of esters is 1. The topological polar surface area (TPSA) is 50.1 Å². The van der Waals surface area contributed by atoms with Crippen LogP contribution in [0.15, 0.2) is 22.7 Å². The fraction of sp³-hybridized carbons (Fsp3) is 0.111. The molecule has 1 aromatic rings. The van der Waals surface area contributed by atoms with Crippen molar-refractivity contribution in [2.45, 2.75) is 0 Å². The fourth-order valence-corrected chi connectivity index (χ4v) is 1.38. The van der Waals surface area contributed by atoms with Crippen molar-refractivity contribution in [2.24, 2.45) is 0 Å². The summed E-state index contributed by atoms with van der Waals surface area (Å²) < 4.78 is 5.21. The first-order valence-electron chi connectivity index (χ1n) is 3.46. The molecule has 0 radical (unpaired) electrons. The molecule has 4 heteroatoms. The maximum Gasteiger partial charge on any atom is 0.337 e. The molecule has 0 saturated carbocycles. The lowest BCUT2D eigenvalue weighted by Crippen LogP contribution is -2.01. The first-order valence-corrected chi connectivity index (χ1v) is 4.25. The van der Waals surface area contributed by atoms with Gasteiger partial charge in [-0.15, -0.1) is 0 Å². The second-order valence-corrected chi connectivity index (χ2v) is 3.25. The molecule has 66 valence electrons. The maximum atomic E-state index is 11.1. The van der Waals surface area contributed by atoms with Gasteiger partial charge in [0.05, 0.1) is 24.3 Å². The maximum absolute atomic E-state index is 11.1. The summed E-state index contributed by atoms with van der Waals surface area (Å²) in [5.41, 5.74) is 0.795. The third kappa shape index (κ3) is 2.30. The standard InChI is InChI=1S/C9H6BrNO2/c1-13-9(12)7-2-6(5-11)3-8(10)4-7/h2-4H,1H3. The minimum Gasteiger partial charge on any atom is -0.465 e. The SMILES string of the molecule is COC(=O)c1cc(Br)cc(C#N)c1. The second-order valence-electron chi connectivity index (χ2n) is 2.33. The highest BCUT2D eigenvalue weighted by molar-refractivity contribution is 9.10. The third-order valence-corrected chi connectivity index (χ3v) is 1.91. The molecule has 0 atom stereocenters. The summed E-state index contributed by atoms with van der Waals surface area (Å²) in [6, 6.07) is 6.67. The zero-order valence-corrected chi connectivity index (χ0v) is 8.46. The van der Waals surface area contributed by atoms with Gasteiger partial charge in [-0.2, -0.15) is 5.26 Å². The van der Waals surface area contributed by atoms with Crippen LogP contribution in [0.5, 0.6) is 0 Å². The Kier molecular flexibility index (Phi) is 3.04. The molecule has 3 nitrogen and oxygen atoms in total. The number of hydrogen-bond acceptors (Lipinski definition) is 3. The molecule has 0 aliphatic carbocycles. The molecule has 0 bridgehead atoms. The lowest BCUT2D eigenvalue weighted by atomic mass is 10.1. The Hall–Kier alpha value is -1.34. The van der Waals surface area contributed by atoms with Crippen molar-refractivity contribution in [3.05, 3.63) is 33.8 Å². The van der Waals surface area contributed by atoms with E-state index < -0.39 is 5.97 Å². The van der Waals surface area contributed by atoms with Crippen LogP contribution >= 0.6 is 15.9 Å². The molecule has 0 aromatic heterocycles. The van der Waals surface area contributed by atoms with Gasteiger partial charge in [0, 0.05) is 4.47 Å². The normalized spacial score (nSPS) is 9.00. The van der Waals surface area contributed by atoms with Crippen molar-refractivity contribution in [3.8, 4) is 6.07 Å². The Morgan fingerprint density at radius 3 is 2.77 bits per heavy atom. The molecule has 0 heterocycles. The average molecular weight is 240 g/mol. The zero-order chi connectivity index (χ0) is 9.84. The smallest absolute Gasteiger partial charge is 0.337 e. The Morgan fingerprint density at radius 2 is 2.23 bits per heavy atom. The fourth-order valence-electron chi connectivity index (χ4n) is 0.890. The van der Waals surface area contributed by atoms with Gasteiger partial charge in [0.2, 0.25) is 0 Å². The quantitative estimate of drug-likeness (QED) is 0.706. The van der Waals surface area contributed by atoms with Crippen molar-refractivity contribution < 1.29 is 9.53 Å². The number of rotatable bonds is 1. The number of nitriles is 1. The summed E-state index contributed by atoms with van der Waals surface area (Å²) in [6.45, 7) is 0. The van der Waals surface area contributed by atoms with E-state index in [0.717, 1.165) is 0 Å². The number of carbonyl (C=O) groups excluding carboxylic acids is 1. The molecular formula is C9H6BrNO2. The van der Waals surface area contributed by atoms with Gasteiger partial charge in [-0.25, -0.2) is 4.79 Å². The van der Waals surface area contributed by atoms with E-state index >= 15 is 0 Å². The summed E-state index contributed by atoms with van der Waals surface area (Å²) in [7, 11) is 1.30. The lowest BCUT2D eigenvalue weighted by Gasteiger charge is -1.99. The highest BCUT2D eigenvalue weighted by Gasteiger charge is 2.07. The number of ether oxygens (including phenoxy) is 1. The Bertz CT molecular complexity index is 382. The van der Waals surface area contributed by atoms with Gasteiger partial charge in [-0.05, 0) is 18.2 Å². The van der Waals surface area contributed by atoms with Crippen LogP contribution < -0.4 is 0 Å². The van der Waals surface area contributed by atoms with Crippen molar-refractivity contribution in [2.75, 3.05) is 7.11 Å².